The van der Waals surface area contributed by atoms with E-state index in [0.29, 0.717) is 6.61 Å². The third kappa shape index (κ3) is 3.40. The van der Waals surface area contributed by atoms with Crippen LogP contribution in [0.25, 0.3) is 0 Å². The van der Waals surface area contributed by atoms with Gasteiger partial charge in [0, 0.05) is 21.9 Å². The number of nitrogens with two attached hydrogens (primary N) is 1. The maximum Gasteiger partial charge on any atom is 0.192 e. The van der Waals surface area contributed by atoms with E-state index in [4.69, 9.17) is 15.2 Å². The topological polar surface area (TPSA) is 44.5 Å². The highest BCUT2D eigenvalue weighted by atomic mass is 32.2. The molecule has 1 aliphatic heterocycles. The zero-order valence-corrected chi connectivity index (χ0v) is 12.8. The molecule has 0 aromatic heterocycles. The van der Waals surface area contributed by atoms with Gasteiger partial charge in [-0.2, -0.15) is 0 Å². The van der Waals surface area contributed by atoms with Gasteiger partial charge in [0.1, 0.15) is 0 Å². The molecule has 110 valence electrons. The Morgan fingerprint density at radius 1 is 1.14 bits per heavy atom. The summed E-state index contributed by atoms with van der Waals surface area (Å²) in [5, 5.41) is 0. The molecule has 2 aromatic carbocycles. The molecule has 1 saturated heterocycles. The first-order valence-corrected chi connectivity index (χ1v) is 8.00. The molecule has 1 aliphatic rings. The van der Waals surface area contributed by atoms with Gasteiger partial charge in [0.05, 0.1) is 12.7 Å². The molecule has 3 nitrogen and oxygen atoms in total. The van der Waals surface area contributed by atoms with E-state index in [9.17, 15) is 0 Å². The molecule has 2 atom stereocenters. The van der Waals surface area contributed by atoms with Crippen LogP contribution < -0.4 is 5.73 Å². The van der Waals surface area contributed by atoms with Gasteiger partial charge in [-0.15, -0.1) is 11.8 Å². The molecule has 0 spiro atoms. The predicted octanol–water partition coefficient (Wildman–Crippen LogP) is 3.65. The molecule has 0 radical (unpaired) electrons. The monoisotopic (exact) mass is 301 g/mol. The molecule has 1 fully saturated rings. The minimum absolute atomic E-state index is 0.0951. The van der Waals surface area contributed by atoms with Crippen LogP contribution in [0.3, 0.4) is 0 Å². The number of anilines is 1. The largest absolute Gasteiger partial charge is 0.399 e. The molecule has 21 heavy (non-hydrogen) atoms. The minimum Gasteiger partial charge on any atom is -0.399 e. The average Bonchev–Trinajstić information content (AvgIpc) is 2.91. The van der Waals surface area contributed by atoms with Crippen molar-refractivity contribution in [1.82, 2.24) is 0 Å². The smallest absolute Gasteiger partial charge is 0.192 e. The Bertz CT molecular complexity index is 587. The van der Waals surface area contributed by atoms with Gasteiger partial charge in [0.15, 0.2) is 5.79 Å². The van der Waals surface area contributed by atoms with Crippen molar-refractivity contribution in [3.8, 4) is 0 Å². The first kappa shape index (κ1) is 14.4. The number of rotatable bonds is 4. The van der Waals surface area contributed by atoms with Crippen molar-refractivity contribution in [3.63, 3.8) is 0 Å². The summed E-state index contributed by atoms with van der Waals surface area (Å²) < 4.78 is 12.0. The van der Waals surface area contributed by atoms with Gasteiger partial charge in [-0.25, -0.2) is 0 Å². The second-order valence-electron chi connectivity index (χ2n) is 5.24. The molecule has 2 N–H and O–H groups in total. The number of benzene rings is 2. The van der Waals surface area contributed by atoms with Gasteiger partial charge < -0.3 is 15.2 Å². The van der Waals surface area contributed by atoms with E-state index < -0.39 is 5.79 Å². The Morgan fingerprint density at radius 3 is 2.57 bits per heavy atom. The average molecular weight is 301 g/mol. The van der Waals surface area contributed by atoms with Crippen LogP contribution in [0.5, 0.6) is 0 Å². The van der Waals surface area contributed by atoms with Crippen LogP contribution >= 0.6 is 11.8 Å². The van der Waals surface area contributed by atoms with Crippen molar-refractivity contribution in [1.29, 1.82) is 0 Å². The fraction of sp³-hybridized carbons (Fsp3) is 0.294. The molecule has 4 heteroatoms. The van der Waals surface area contributed by atoms with Crippen molar-refractivity contribution in [2.24, 2.45) is 0 Å². The summed E-state index contributed by atoms with van der Waals surface area (Å²) in [6, 6.07) is 18.0. The highest BCUT2D eigenvalue weighted by Crippen LogP contribution is 2.35. The van der Waals surface area contributed by atoms with Crippen LogP contribution in [0, 0.1) is 0 Å². The van der Waals surface area contributed by atoms with Gasteiger partial charge in [-0.1, -0.05) is 30.3 Å². The van der Waals surface area contributed by atoms with Crippen LogP contribution in [0.15, 0.2) is 59.5 Å². The van der Waals surface area contributed by atoms with Crippen molar-refractivity contribution < 1.29 is 9.47 Å². The second kappa shape index (κ2) is 6.10. The van der Waals surface area contributed by atoms with E-state index in [0.717, 1.165) is 17.0 Å². The molecular formula is C17H19NO2S. The summed E-state index contributed by atoms with van der Waals surface area (Å²) in [5.74, 6) is 0.236. The van der Waals surface area contributed by atoms with Crippen LogP contribution in [-0.4, -0.2) is 18.5 Å². The molecule has 1 heterocycles. The van der Waals surface area contributed by atoms with E-state index in [2.05, 4.69) is 0 Å². The van der Waals surface area contributed by atoms with Gasteiger partial charge in [0.2, 0.25) is 0 Å². The summed E-state index contributed by atoms with van der Waals surface area (Å²) in [5.41, 5.74) is 7.54. The van der Waals surface area contributed by atoms with Crippen molar-refractivity contribution in [3.05, 3.63) is 60.2 Å². The SMILES string of the molecule is CC1(c2ccccc2)OCC(CSc2ccc(N)cc2)O1. The highest BCUT2D eigenvalue weighted by Gasteiger charge is 2.38. The lowest BCUT2D eigenvalue weighted by molar-refractivity contribution is -0.159. The Kier molecular flexibility index (Phi) is 4.19. The molecule has 2 unspecified atom stereocenters. The van der Waals surface area contributed by atoms with Crippen LogP contribution in [0.1, 0.15) is 12.5 Å². The number of ether oxygens (including phenoxy) is 2. The number of hydrogen-bond acceptors (Lipinski definition) is 4. The summed E-state index contributed by atoms with van der Waals surface area (Å²) >= 11 is 1.76. The van der Waals surface area contributed by atoms with Gasteiger partial charge >= 0.3 is 0 Å². The Labute approximate surface area is 129 Å². The lowest BCUT2D eigenvalue weighted by Crippen LogP contribution is -2.24. The molecule has 0 aliphatic carbocycles. The molecule has 0 saturated carbocycles. The fourth-order valence-electron chi connectivity index (χ4n) is 2.37. The Balaban J connectivity index is 1.58. The zero-order valence-electron chi connectivity index (χ0n) is 12.0. The van der Waals surface area contributed by atoms with E-state index in [1.807, 2.05) is 61.5 Å². The number of thioether (sulfide) groups is 1. The maximum absolute atomic E-state index is 6.11. The summed E-state index contributed by atoms with van der Waals surface area (Å²) in [6.07, 6.45) is 0.0951. The Morgan fingerprint density at radius 2 is 1.86 bits per heavy atom. The van der Waals surface area contributed by atoms with E-state index in [1.165, 1.54) is 4.90 Å². The van der Waals surface area contributed by atoms with Crippen molar-refractivity contribution >= 4 is 17.4 Å². The summed E-state index contributed by atoms with van der Waals surface area (Å²) in [4.78, 5) is 1.20. The fourth-order valence-corrected chi connectivity index (χ4v) is 3.24. The van der Waals surface area contributed by atoms with Crippen LogP contribution in [0.4, 0.5) is 5.69 Å². The van der Waals surface area contributed by atoms with Crippen molar-refractivity contribution in [2.75, 3.05) is 18.1 Å². The van der Waals surface area contributed by atoms with Gasteiger partial charge in [-0.3, -0.25) is 0 Å². The van der Waals surface area contributed by atoms with Gasteiger partial charge in [0.25, 0.3) is 0 Å². The van der Waals surface area contributed by atoms with E-state index in [1.54, 1.807) is 11.8 Å². The van der Waals surface area contributed by atoms with Crippen molar-refractivity contribution in [2.45, 2.75) is 23.7 Å². The zero-order chi connectivity index (χ0) is 14.7. The van der Waals surface area contributed by atoms with E-state index >= 15 is 0 Å². The molecule has 0 amide bonds. The number of nitrogen functional groups attached to an aromatic ring is 1. The first-order chi connectivity index (χ1) is 10.2. The number of hydrogen-bond donors (Lipinski definition) is 1. The van der Waals surface area contributed by atoms with Crippen LogP contribution in [0.2, 0.25) is 0 Å². The molecule has 2 aromatic rings. The first-order valence-electron chi connectivity index (χ1n) is 7.01. The lowest BCUT2D eigenvalue weighted by atomic mass is 10.1. The third-order valence-corrected chi connectivity index (χ3v) is 4.69. The minimum atomic E-state index is -0.631. The lowest BCUT2D eigenvalue weighted by Gasteiger charge is -2.23. The predicted molar refractivity (Wildman–Crippen MR) is 86.2 cm³/mol. The standard InChI is InChI=1S/C17H19NO2S/c1-17(13-5-3-2-4-6-13)19-11-15(20-17)12-21-16-9-7-14(18)8-10-16/h2-10,15H,11-12,18H2,1H3. The van der Waals surface area contributed by atoms with Crippen LogP contribution in [-0.2, 0) is 15.3 Å². The van der Waals surface area contributed by atoms with Gasteiger partial charge in [-0.05, 0) is 31.2 Å². The molecule has 3 rings (SSSR count). The maximum atomic E-state index is 6.11. The molecule has 0 bridgehead atoms. The summed E-state index contributed by atoms with van der Waals surface area (Å²) in [7, 11) is 0. The normalized spacial score (nSPS) is 25.1. The summed E-state index contributed by atoms with van der Waals surface area (Å²) in [6.45, 7) is 2.60. The highest BCUT2D eigenvalue weighted by molar-refractivity contribution is 7.99. The third-order valence-electron chi connectivity index (χ3n) is 3.55. The molecular weight excluding hydrogens is 282 g/mol. The van der Waals surface area contributed by atoms with E-state index in [-0.39, 0.29) is 6.10 Å². The Hall–Kier alpha value is -1.49. The second-order valence-corrected chi connectivity index (χ2v) is 6.34. The quantitative estimate of drug-likeness (QED) is 0.691.